The highest BCUT2D eigenvalue weighted by Crippen LogP contribution is 2.10. The molecule has 0 atom stereocenters. The zero-order valence-corrected chi connectivity index (χ0v) is 9.14. The molecule has 0 radical (unpaired) electrons. The molecule has 0 aromatic carbocycles. The lowest BCUT2D eigenvalue weighted by Crippen LogP contribution is -2.18. The quantitative estimate of drug-likeness (QED) is 0.472. The molecule has 0 N–H and O–H groups in total. The van der Waals surface area contributed by atoms with Crippen molar-refractivity contribution in [1.82, 2.24) is 0 Å². The molecule has 0 amide bonds. The van der Waals surface area contributed by atoms with Gasteiger partial charge in [-0.2, -0.15) is 0 Å². The molecular weight excluding hydrogens is 150 g/mol. The smallest absolute Gasteiger partial charge is 0.129 e. The van der Waals surface area contributed by atoms with Crippen LogP contribution in [0.25, 0.3) is 0 Å². The minimum absolute atomic E-state index is 0.171. The van der Waals surface area contributed by atoms with E-state index in [4.69, 9.17) is 4.84 Å². The van der Waals surface area contributed by atoms with Gasteiger partial charge in [-0.15, -0.1) is 0 Å². The van der Waals surface area contributed by atoms with Gasteiger partial charge in [-0.3, -0.25) is 0 Å². The summed E-state index contributed by atoms with van der Waals surface area (Å²) >= 11 is 0. The van der Waals surface area contributed by atoms with E-state index in [0.29, 0.717) is 5.92 Å². The SMILES string of the molecule is CC/C(=N\OC(C)(C)C)C(C)C. The van der Waals surface area contributed by atoms with Crippen LogP contribution in [0.5, 0.6) is 0 Å². The zero-order valence-electron chi connectivity index (χ0n) is 9.14. The van der Waals surface area contributed by atoms with E-state index in [2.05, 4.69) is 25.9 Å². The third kappa shape index (κ3) is 5.16. The molecule has 0 aliphatic rings. The first-order valence-corrected chi connectivity index (χ1v) is 4.61. The van der Waals surface area contributed by atoms with Crippen molar-refractivity contribution in [3.05, 3.63) is 0 Å². The van der Waals surface area contributed by atoms with Gasteiger partial charge in [0.1, 0.15) is 5.60 Å². The number of hydrogen-bond acceptors (Lipinski definition) is 2. The Morgan fingerprint density at radius 2 is 1.83 bits per heavy atom. The fourth-order valence-electron chi connectivity index (χ4n) is 0.774. The topological polar surface area (TPSA) is 21.6 Å². The van der Waals surface area contributed by atoms with Crippen molar-refractivity contribution < 1.29 is 4.84 Å². The Labute approximate surface area is 76.0 Å². The van der Waals surface area contributed by atoms with Crippen molar-refractivity contribution in [3.63, 3.8) is 0 Å². The molecule has 0 fully saturated rings. The van der Waals surface area contributed by atoms with Crippen LogP contribution in [0.4, 0.5) is 0 Å². The molecule has 0 rings (SSSR count). The van der Waals surface area contributed by atoms with Crippen LogP contribution < -0.4 is 0 Å². The Hall–Kier alpha value is -0.530. The van der Waals surface area contributed by atoms with E-state index in [9.17, 15) is 0 Å². The molecule has 0 unspecified atom stereocenters. The van der Waals surface area contributed by atoms with E-state index in [-0.39, 0.29) is 5.60 Å². The summed E-state index contributed by atoms with van der Waals surface area (Å²) in [5.41, 5.74) is 0.958. The Kier molecular flexibility index (Phi) is 4.29. The summed E-state index contributed by atoms with van der Waals surface area (Å²) in [4.78, 5) is 5.33. The second-order valence-corrected chi connectivity index (χ2v) is 4.29. The molecule has 0 spiro atoms. The Morgan fingerprint density at radius 1 is 1.33 bits per heavy atom. The van der Waals surface area contributed by atoms with Crippen molar-refractivity contribution >= 4 is 5.71 Å². The van der Waals surface area contributed by atoms with Gasteiger partial charge in [-0.1, -0.05) is 25.9 Å². The first kappa shape index (κ1) is 11.5. The van der Waals surface area contributed by atoms with E-state index in [1.807, 2.05) is 20.8 Å². The minimum atomic E-state index is -0.171. The van der Waals surface area contributed by atoms with Gasteiger partial charge in [0, 0.05) is 0 Å². The molecule has 0 aromatic heterocycles. The van der Waals surface area contributed by atoms with Gasteiger partial charge in [-0.25, -0.2) is 0 Å². The van der Waals surface area contributed by atoms with Crippen LogP contribution in [0, 0.1) is 5.92 Å². The largest absolute Gasteiger partial charge is 0.390 e. The third-order valence-electron chi connectivity index (χ3n) is 1.47. The van der Waals surface area contributed by atoms with Gasteiger partial charge < -0.3 is 4.84 Å². The minimum Gasteiger partial charge on any atom is -0.390 e. The number of hydrogen-bond donors (Lipinski definition) is 0. The van der Waals surface area contributed by atoms with Crippen molar-refractivity contribution in [1.29, 1.82) is 0 Å². The van der Waals surface area contributed by atoms with Crippen molar-refractivity contribution in [2.45, 2.75) is 53.6 Å². The molecule has 72 valence electrons. The molecule has 12 heavy (non-hydrogen) atoms. The molecule has 0 aromatic rings. The Balaban J connectivity index is 4.13. The van der Waals surface area contributed by atoms with Crippen LogP contribution in [0.15, 0.2) is 5.16 Å². The molecule has 0 aliphatic heterocycles. The van der Waals surface area contributed by atoms with Gasteiger partial charge in [0.2, 0.25) is 0 Å². The summed E-state index contributed by atoms with van der Waals surface area (Å²) in [6.45, 7) is 12.4. The molecule has 2 nitrogen and oxygen atoms in total. The summed E-state index contributed by atoms with van der Waals surface area (Å²) in [6.07, 6.45) is 0.966. The van der Waals surface area contributed by atoms with Crippen LogP contribution in [-0.4, -0.2) is 11.3 Å². The molecule has 0 heterocycles. The predicted octanol–water partition coefficient (Wildman–Crippen LogP) is 3.22. The summed E-state index contributed by atoms with van der Waals surface area (Å²) < 4.78 is 0. The van der Waals surface area contributed by atoms with Gasteiger partial charge in [0.05, 0.1) is 5.71 Å². The van der Waals surface area contributed by atoms with Gasteiger partial charge in [-0.05, 0) is 33.1 Å². The van der Waals surface area contributed by atoms with Crippen LogP contribution >= 0.6 is 0 Å². The fraction of sp³-hybridized carbons (Fsp3) is 0.900. The van der Waals surface area contributed by atoms with Crippen LogP contribution in [-0.2, 0) is 4.84 Å². The summed E-state index contributed by atoms with van der Waals surface area (Å²) in [5.74, 6) is 0.484. The van der Waals surface area contributed by atoms with Crippen LogP contribution in [0.1, 0.15) is 48.0 Å². The summed E-state index contributed by atoms with van der Waals surface area (Å²) in [5, 5.41) is 4.13. The lowest BCUT2D eigenvalue weighted by molar-refractivity contribution is -0.000141. The Morgan fingerprint density at radius 3 is 2.08 bits per heavy atom. The highest BCUT2D eigenvalue weighted by Gasteiger charge is 2.11. The number of oxime groups is 1. The van der Waals surface area contributed by atoms with Gasteiger partial charge in [0.15, 0.2) is 0 Å². The fourth-order valence-corrected chi connectivity index (χ4v) is 0.774. The molecular formula is C10H21NO. The van der Waals surface area contributed by atoms with Crippen molar-refractivity contribution in [3.8, 4) is 0 Å². The predicted molar refractivity (Wildman–Crippen MR) is 53.4 cm³/mol. The first-order valence-electron chi connectivity index (χ1n) is 4.61. The lowest BCUT2D eigenvalue weighted by Gasteiger charge is -2.17. The molecule has 0 bridgehead atoms. The van der Waals surface area contributed by atoms with Crippen LogP contribution in [0.2, 0.25) is 0 Å². The monoisotopic (exact) mass is 171 g/mol. The lowest BCUT2D eigenvalue weighted by atomic mass is 10.1. The molecule has 0 aliphatic carbocycles. The van der Waals surface area contributed by atoms with Gasteiger partial charge >= 0.3 is 0 Å². The Bertz CT molecular complexity index is 154. The highest BCUT2D eigenvalue weighted by molar-refractivity contribution is 5.85. The number of nitrogens with zero attached hydrogens (tertiary/aromatic N) is 1. The van der Waals surface area contributed by atoms with E-state index >= 15 is 0 Å². The van der Waals surface area contributed by atoms with E-state index in [1.165, 1.54) is 0 Å². The zero-order chi connectivity index (χ0) is 9.78. The average molecular weight is 171 g/mol. The molecule has 2 heteroatoms. The van der Waals surface area contributed by atoms with E-state index in [1.54, 1.807) is 0 Å². The maximum absolute atomic E-state index is 5.33. The standard InChI is InChI=1S/C10H21NO/c1-7-9(8(2)3)11-12-10(4,5)6/h8H,7H2,1-6H3/b11-9+. The van der Waals surface area contributed by atoms with Gasteiger partial charge in [0.25, 0.3) is 0 Å². The first-order chi connectivity index (χ1) is 5.37. The molecule has 0 saturated carbocycles. The van der Waals surface area contributed by atoms with E-state index in [0.717, 1.165) is 12.1 Å². The number of rotatable bonds is 3. The maximum Gasteiger partial charge on any atom is 0.129 e. The van der Waals surface area contributed by atoms with Crippen LogP contribution in [0.3, 0.4) is 0 Å². The maximum atomic E-state index is 5.33. The highest BCUT2D eigenvalue weighted by atomic mass is 16.6. The molecule has 0 saturated heterocycles. The second-order valence-electron chi connectivity index (χ2n) is 4.29. The average Bonchev–Trinajstić information content (AvgIpc) is 1.85. The summed E-state index contributed by atoms with van der Waals surface area (Å²) in [7, 11) is 0. The van der Waals surface area contributed by atoms with Crippen molar-refractivity contribution in [2.75, 3.05) is 0 Å². The normalized spacial score (nSPS) is 13.8. The third-order valence-corrected chi connectivity index (χ3v) is 1.47. The van der Waals surface area contributed by atoms with E-state index < -0.39 is 0 Å². The second kappa shape index (κ2) is 4.48. The summed E-state index contributed by atoms with van der Waals surface area (Å²) in [6, 6.07) is 0. The van der Waals surface area contributed by atoms with Crippen molar-refractivity contribution in [2.24, 2.45) is 11.1 Å².